The number of nitrogens with zero attached hydrogens (tertiary/aromatic N) is 2. The molecule has 0 radical (unpaired) electrons. The fraction of sp³-hybridized carbons (Fsp3) is 0.250. The second-order valence-corrected chi connectivity index (χ2v) is 4.67. The van der Waals surface area contributed by atoms with Gasteiger partial charge in [0.15, 0.2) is 0 Å². The van der Waals surface area contributed by atoms with E-state index in [2.05, 4.69) is 15.2 Å². The van der Waals surface area contributed by atoms with E-state index in [0.29, 0.717) is 11.3 Å². The largest absolute Gasteiger partial charge is 0.468 e. The quantitative estimate of drug-likeness (QED) is 0.864. The van der Waals surface area contributed by atoms with Gasteiger partial charge in [-0.2, -0.15) is 16.4 Å². The maximum absolute atomic E-state index is 12.0. The van der Waals surface area contributed by atoms with Crippen molar-refractivity contribution in [3.05, 3.63) is 34.3 Å². The minimum atomic E-state index is -0.394. The summed E-state index contributed by atoms with van der Waals surface area (Å²) in [6.07, 6.45) is 3.07. The summed E-state index contributed by atoms with van der Waals surface area (Å²) >= 11 is 1.48. The summed E-state index contributed by atoms with van der Waals surface area (Å²) in [5.41, 5.74) is 2.12. The third-order valence-electron chi connectivity index (χ3n) is 2.51. The predicted octanol–water partition coefficient (Wildman–Crippen LogP) is 1.68. The number of amides is 1. The Morgan fingerprint density at radius 2 is 2.26 bits per heavy atom. The number of hydrogen-bond acceptors (Lipinski definition) is 5. The summed E-state index contributed by atoms with van der Waals surface area (Å²) in [6.45, 7) is 1.90. The number of thiophene rings is 1. The fourth-order valence-corrected chi connectivity index (χ4v) is 2.33. The van der Waals surface area contributed by atoms with Crippen LogP contribution in [0.25, 0.3) is 0 Å². The van der Waals surface area contributed by atoms with Crippen LogP contribution in [0.4, 0.5) is 5.69 Å². The van der Waals surface area contributed by atoms with E-state index in [9.17, 15) is 9.59 Å². The molecule has 2 aromatic heterocycles. The number of esters is 1. The number of ether oxygens (including phenoxy) is 1. The van der Waals surface area contributed by atoms with Crippen molar-refractivity contribution >= 4 is 28.9 Å². The molecule has 0 aliphatic rings. The Balaban J connectivity index is 2.02. The van der Waals surface area contributed by atoms with Crippen molar-refractivity contribution in [1.82, 2.24) is 9.78 Å². The van der Waals surface area contributed by atoms with Gasteiger partial charge in [0.05, 0.1) is 24.6 Å². The van der Waals surface area contributed by atoms with Crippen LogP contribution >= 0.6 is 11.3 Å². The van der Waals surface area contributed by atoms with E-state index < -0.39 is 5.97 Å². The van der Waals surface area contributed by atoms with Crippen LogP contribution in [-0.4, -0.2) is 28.8 Å². The molecule has 0 aliphatic carbocycles. The summed E-state index contributed by atoms with van der Waals surface area (Å²) in [7, 11) is 1.31. The van der Waals surface area contributed by atoms with Crippen LogP contribution in [0.15, 0.2) is 23.2 Å². The number of hydrogen-bond donors (Lipinski definition) is 1. The second kappa shape index (κ2) is 5.66. The second-order valence-electron chi connectivity index (χ2n) is 3.93. The lowest BCUT2D eigenvalue weighted by Crippen LogP contribution is -2.13. The highest BCUT2D eigenvalue weighted by Crippen LogP contribution is 2.15. The highest BCUT2D eigenvalue weighted by Gasteiger charge is 2.11. The average Bonchev–Trinajstić information content (AvgIpc) is 2.98. The van der Waals surface area contributed by atoms with Gasteiger partial charge in [0.1, 0.15) is 6.54 Å². The summed E-state index contributed by atoms with van der Waals surface area (Å²) in [6, 6.07) is 0. The number of methoxy groups -OCH3 is 1. The number of carbonyl (C=O) groups excluding carboxylic acids is 2. The zero-order chi connectivity index (χ0) is 13.8. The van der Waals surface area contributed by atoms with Gasteiger partial charge in [-0.15, -0.1) is 0 Å². The van der Waals surface area contributed by atoms with Crippen molar-refractivity contribution in [2.75, 3.05) is 12.4 Å². The Kier molecular flexibility index (Phi) is 3.96. The number of anilines is 1. The van der Waals surface area contributed by atoms with E-state index in [1.807, 2.05) is 12.3 Å². The molecule has 0 saturated heterocycles. The fourth-order valence-electron chi connectivity index (χ4n) is 1.50. The summed E-state index contributed by atoms with van der Waals surface area (Å²) in [5, 5.41) is 10.4. The molecule has 6 nitrogen and oxygen atoms in total. The molecule has 19 heavy (non-hydrogen) atoms. The van der Waals surface area contributed by atoms with Gasteiger partial charge in [0.2, 0.25) is 0 Å². The van der Waals surface area contributed by atoms with Crippen LogP contribution < -0.4 is 5.32 Å². The number of carbonyl (C=O) groups is 2. The molecule has 0 fully saturated rings. The van der Waals surface area contributed by atoms with Crippen LogP contribution in [-0.2, 0) is 16.1 Å². The summed E-state index contributed by atoms with van der Waals surface area (Å²) in [5.74, 6) is -0.578. The van der Waals surface area contributed by atoms with Crippen molar-refractivity contribution in [1.29, 1.82) is 0 Å². The van der Waals surface area contributed by atoms with Gasteiger partial charge in [-0.25, -0.2) is 0 Å². The van der Waals surface area contributed by atoms with Crippen LogP contribution in [0.1, 0.15) is 15.9 Å². The molecule has 0 atom stereocenters. The Hall–Kier alpha value is -2.15. The third-order valence-corrected chi connectivity index (χ3v) is 3.37. The van der Waals surface area contributed by atoms with E-state index in [-0.39, 0.29) is 12.5 Å². The van der Waals surface area contributed by atoms with E-state index in [1.165, 1.54) is 29.3 Å². The molecule has 1 amide bonds. The standard InChI is InChI=1S/C12H13N3O3S/c1-8-6-19-7-10(8)12(17)14-9-3-13-15(4-9)5-11(16)18-2/h3-4,6-7H,5H2,1-2H3,(H,14,17). The van der Waals surface area contributed by atoms with Gasteiger partial charge < -0.3 is 10.1 Å². The van der Waals surface area contributed by atoms with Gasteiger partial charge in [-0.05, 0) is 17.9 Å². The average molecular weight is 279 g/mol. The first-order chi connectivity index (χ1) is 9.10. The number of rotatable bonds is 4. The molecular formula is C12H13N3O3S. The zero-order valence-electron chi connectivity index (χ0n) is 10.5. The van der Waals surface area contributed by atoms with Crippen LogP contribution in [0.2, 0.25) is 0 Å². The molecule has 0 saturated carbocycles. The molecule has 0 unspecified atom stereocenters. The smallest absolute Gasteiger partial charge is 0.327 e. The van der Waals surface area contributed by atoms with Gasteiger partial charge in [-0.3, -0.25) is 14.3 Å². The highest BCUT2D eigenvalue weighted by molar-refractivity contribution is 7.08. The van der Waals surface area contributed by atoms with E-state index in [1.54, 1.807) is 11.6 Å². The normalized spacial score (nSPS) is 10.2. The number of aromatic nitrogens is 2. The molecule has 0 spiro atoms. The van der Waals surface area contributed by atoms with Crippen molar-refractivity contribution in [2.45, 2.75) is 13.5 Å². The minimum absolute atomic E-state index is 0.0177. The number of aryl methyl sites for hydroxylation is 1. The lowest BCUT2D eigenvalue weighted by atomic mass is 10.2. The first-order valence-corrected chi connectivity index (χ1v) is 6.48. The molecule has 0 aromatic carbocycles. The highest BCUT2D eigenvalue weighted by atomic mass is 32.1. The minimum Gasteiger partial charge on any atom is -0.468 e. The van der Waals surface area contributed by atoms with Crippen molar-refractivity contribution in [2.24, 2.45) is 0 Å². The molecule has 2 heterocycles. The third kappa shape index (κ3) is 3.19. The first kappa shape index (κ1) is 13.3. The van der Waals surface area contributed by atoms with Gasteiger partial charge in [0.25, 0.3) is 5.91 Å². The van der Waals surface area contributed by atoms with Crippen LogP contribution in [0, 0.1) is 6.92 Å². The molecule has 2 rings (SSSR count). The molecule has 0 bridgehead atoms. The molecular weight excluding hydrogens is 266 g/mol. The Bertz CT molecular complexity index is 603. The van der Waals surface area contributed by atoms with Gasteiger partial charge in [-0.1, -0.05) is 0 Å². The molecule has 7 heteroatoms. The van der Waals surface area contributed by atoms with E-state index in [4.69, 9.17) is 0 Å². The number of nitrogens with one attached hydrogen (secondary N) is 1. The van der Waals surface area contributed by atoms with E-state index in [0.717, 1.165) is 5.56 Å². The lowest BCUT2D eigenvalue weighted by Gasteiger charge is -2.01. The van der Waals surface area contributed by atoms with Gasteiger partial charge in [0, 0.05) is 11.6 Å². The van der Waals surface area contributed by atoms with Crippen LogP contribution in [0.3, 0.4) is 0 Å². The zero-order valence-corrected chi connectivity index (χ0v) is 11.4. The van der Waals surface area contributed by atoms with Gasteiger partial charge >= 0.3 is 5.97 Å². The molecule has 100 valence electrons. The Labute approximate surface area is 114 Å². The molecule has 0 aliphatic heterocycles. The SMILES string of the molecule is COC(=O)Cn1cc(NC(=O)c2cscc2C)cn1. The monoisotopic (exact) mass is 279 g/mol. The Morgan fingerprint density at radius 3 is 2.89 bits per heavy atom. The maximum atomic E-state index is 12.0. The summed E-state index contributed by atoms with van der Waals surface area (Å²) in [4.78, 5) is 23.0. The van der Waals surface area contributed by atoms with Crippen molar-refractivity contribution in [3.8, 4) is 0 Å². The maximum Gasteiger partial charge on any atom is 0.327 e. The van der Waals surface area contributed by atoms with E-state index >= 15 is 0 Å². The molecule has 2 aromatic rings. The van der Waals surface area contributed by atoms with Crippen molar-refractivity contribution < 1.29 is 14.3 Å². The van der Waals surface area contributed by atoms with Crippen molar-refractivity contribution in [3.63, 3.8) is 0 Å². The van der Waals surface area contributed by atoms with Crippen LogP contribution in [0.5, 0.6) is 0 Å². The first-order valence-electron chi connectivity index (χ1n) is 5.53. The molecule has 1 N–H and O–H groups in total. The predicted molar refractivity (Wildman–Crippen MR) is 71.3 cm³/mol. The topological polar surface area (TPSA) is 73.2 Å². The Morgan fingerprint density at radius 1 is 1.47 bits per heavy atom. The lowest BCUT2D eigenvalue weighted by molar-refractivity contribution is -0.141. The summed E-state index contributed by atoms with van der Waals surface area (Å²) < 4.78 is 5.94.